The molecule has 1 saturated carbocycles. The van der Waals surface area contributed by atoms with Crippen molar-refractivity contribution in [3.8, 4) is 0 Å². The first-order chi connectivity index (χ1) is 12.3. The zero-order valence-corrected chi connectivity index (χ0v) is 15.2. The molecular weight excluding hydrogens is 358 g/mol. The average Bonchev–Trinajstić information content (AvgIpc) is 2.82. The van der Waals surface area contributed by atoms with Crippen LogP contribution in [0.4, 0.5) is 0 Å². The van der Waals surface area contributed by atoms with Crippen LogP contribution in [-0.2, 0) is 23.2 Å². The summed E-state index contributed by atoms with van der Waals surface area (Å²) in [6.07, 6.45) is 0.936. The molecule has 0 atom stereocenters. The summed E-state index contributed by atoms with van der Waals surface area (Å²) in [6, 6.07) is 4.58. The predicted molar refractivity (Wildman–Crippen MR) is 94.4 cm³/mol. The molecule has 0 bridgehead atoms. The molecule has 0 amide bonds. The molecule has 7 nitrogen and oxygen atoms in total. The number of halogens is 1. The maximum Gasteiger partial charge on any atom is 0.345 e. The van der Waals surface area contributed by atoms with Crippen LogP contribution in [0.25, 0.3) is 0 Å². The lowest BCUT2D eigenvalue weighted by Gasteiger charge is -2.19. The summed E-state index contributed by atoms with van der Waals surface area (Å²) < 4.78 is 2.61. The molecule has 0 saturated heterocycles. The zero-order chi connectivity index (χ0) is 19.0. The van der Waals surface area contributed by atoms with Gasteiger partial charge in [0.1, 0.15) is 11.7 Å². The summed E-state index contributed by atoms with van der Waals surface area (Å²) in [4.78, 5) is 49.3. The van der Waals surface area contributed by atoms with Gasteiger partial charge in [-0.25, -0.2) is 9.48 Å². The van der Waals surface area contributed by atoms with E-state index in [1.165, 1.54) is 21.4 Å². The van der Waals surface area contributed by atoms with E-state index in [1.54, 1.807) is 20.0 Å². The standard InChI is InChI=1S/C18H18ClN3O4/c1-10-20-22(18(26)21(10)2)9-11-8-12(19)6-7-13(11)17(25)16-14(23)4-3-5-15(16)24/h6-8,16H,3-5,9H2,1-2H3. The van der Waals surface area contributed by atoms with Crippen molar-refractivity contribution in [2.24, 2.45) is 13.0 Å². The van der Waals surface area contributed by atoms with Gasteiger partial charge in [-0.2, -0.15) is 5.10 Å². The minimum absolute atomic E-state index is 0.0250. The fraction of sp³-hybridized carbons (Fsp3) is 0.389. The molecule has 8 heteroatoms. The molecule has 1 aliphatic rings. The van der Waals surface area contributed by atoms with Crippen molar-refractivity contribution >= 4 is 29.0 Å². The Bertz CT molecular complexity index is 957. The highest BCUT2D eigenvalue weighted by atomic mass is 35.5. The van der Waals surface area contributed by atoms with Crippen LogP contribution in [0.3, 0.4) is 0 Å². The van der Waals surface area contributed by atoms with Crippen molar-refractivity contribution < 1.29 is 14.4 Å². The van der Waals surface area contributed by atoms with Gasteiger partial charge in [-0.15, -0.1) is 0 Å². The molecule has 0 radical (unpaired) electrons. The fourth-order valence-corrected chi connectivity index (χ4v) is 3.34. The highest BCUT2D eigenvalue weighted by Crippen LogP contribution is 2.25. The van der Waals surface area contributed by atoms with Gasteiger partial charge in [-0.1, -0.05) is 11.6 Å². The molecule has 1 heterocycles. The van der Waals surface area contributed by atoms with E-state index in [4.69, 9.17) is 11.6 Å². The number of hydrogen-bond donors (Lipinski definition) is 0. The smallest absolute Gasteiger partial charge is 0.298 e. The van der Waals surface area contributed by atoms with Crippen LogP contribution >= 0.6 is 11.6 Å². The van der Waals surface area contributed by atoms with E-state index in [-0.39, 0.29) is 42.2 Å². The van der Waals surface area contributed by atoms with Crippen molar-refractivity contribution in [3.63, 3.8) is 0 Å². The third-order valence-electron chi connectivity index (χ3n) is 4.66. The van der Waals surface area contributed by atoms with Gasteiger partial charge in [-0.3, -0.25) is 19.0 Å². The largest absolute Gasteiger partial charge is 0.345 e. The SMILES string of the molecule is Cc1nn(Cc2cc(Cl)ccc2C(=O)C2C(=O)CCCC2=O)c(=O)n1C. The lowest BCUT2D eigenvalue weighted by Crippen LogP contribution is -2.36. The second kappa shape index (κ2) is 6.99. The average molecular weight is 376 g/mol. The summed E-state index contributed by atoms with van der Waals surface area (Å²) >= 11 is 6.05. The highest BCUT2D eigenvalue weighted by Gasteiger charge is 2.37. The molecule has 0 spiro atoms. The first-order valence-electron chi connectivity index (χ1n) is 8.28. The highest BCUT2D eigenvalue weighted by molar-refractivity contribution is 6.31. The number of benzene rings is 1. The molecule has 136 valence electrons. The first-order valence-corrected chi connectivity index (χ1v) is 8.66. The minimum Gasteiger partial charge on any atom is -0.298 e. The van der Waals surface area contributed by atoms with Gasteiger partial charge in [0.25, 0.3) is 0 Å². The van der Waals surface area contributed by atoms with Gasteiger partial charge in [0.05, 0.1) is 6.54 Å². The molecule has 0 N–H and O–H groups in total. The van der Waals surface area contributed by atoms with Crippen LogP contribution in [-0.4, -0.2) is 31.7 Å². The van der Waals surface area contributed by atoms with Crippen molar-refractivity contribution in [2.75, 3.05) is 0 Å². The molecule has 3 rings (SSSR count). The number of aromatic nitrogens is 3. The van der Waals surface area contributed by atoms with Gasteiger partial charge in [0.2, 0.25) is 0 Å². The first kappa shape index (κ1) is 18.3. The van der Waals surface area contributed by atoms with Crippen LogP contribution in [0.1, 0.15) is 41.0 Å². The Morgan fingerprint density at radius 2 is 1.88 bits per heavy atom. The van der Waals surface area contributed by atoms with E-state index < -0.39 is 11.7 Å². The third-order valence-corrected chi connectivity index (χ3v) is 4.90. The summed E-state index contributed by atoms with van der Waals surface area (Å²) in [5, 5.41) is 4.54. The Morgan fingerprint density at radius 3 is 2.46 bits per heavy atom. The van der Waals surface area contributed by atoms with Gasteiger partial charge in [0, 0.05) is 30.5 Å². The van der Waals surface area contributed by atoms with E-state index in [1.807, 2.05) is 0 Å². The molecule has 1 fully saturated rings. The van der Waals surface area contributed by atoms with Crippen molar-refractivity contribution in [3.05, 3.63) is 50.7 Å². The normalized spacial score (nSPS) is 15.5. The Morgan fingerprint density at radius 1 is 1.23 bits per heavy atom. The van der Waals surface area contributed by atoms with Crippen LogP contribution in [0.15, 0.2) is 23.0 Å². The summed E-state index contributed by atoms with van der Waals surface area (Å²) in [7, 11) is 1.60. The molecule has 1 aromatic carbocycles. The van der Waals surface area contributed by atoms with Crippen LogP contribution in [0.5, 0.6) is 0 Å². The maximum absolute atomic E-state index is 12.9. The quantitative estimate of drug-likeness (QED) is 0.599. The molecule has 26 heavy (non-hydrogen) atoms. The lowest BCUT2D eigenvalue weighted by atomic mass is 9.81. The van der Waals surface area contributed by atoms with E-state index in [0.29, 0.717) is 22.8 Å². The van der Waals surface area contributed by atoms with Crippen LogP contribution in [0.2, 0.25) is 5.02 Å². The molecule has 0 aliphatic heterocycles. The monoisotopic (exact) mass is 375 g/mol. The molecule has 1 aromatic heterocycles. The maximum atomic E-state index is 12.9. The Kier molecular flexibility index (Phi) is 4.91. The third kappa shape index (κ3) is 3.26. The second-order valence-electron chi connectivity index (χ2n) is 6.43. The molecule has 2 aromatic rings. The number of nitrogens with zero attached hydrogens (tertiary/aromatic N) is 3. The van der Waals surface area contributed by atoms with Gasteiger partial charge in [-0.05, 0) is 37.1 Å². The summed E-state index contributed by atoms with van der Waals surface area (Å²) in [6.45, 7) is 1.72. The second-order valence-corrected chi connectivity index (χ2v) is 6.87. The predicted octanol–water partition coefficient (Wildman–Crippen LogP) is 1.71. The number of Topliss-reactive ketones (excluding diaryl/α,β-unsaturated/α-hetero) is 3. The topological polar surface area (TPSA) is 91.0 Å². The number of aryl methyl sites for hydroxylation is 1. The zero-order valence-electron chi connectivity index (χ0n) is 14.5. The molecular formula is C18H18ClN3O4. The molecule has 1 aliphatic carbocycles. The number of hydrogen-bond acceptors (Lipinski definition) is 5. The Balaban J connectivity index is 2.01. The van der Waals surface area contributed by atoms with Gasteiger partial charge >= 0.3 is 5.69 Å². The number of carbonyl (C=O) groups excluding carboxylic acids is 3. The number of rotatable bonds is 4. The lowest BCUT2D eigenvalue weighted by molar-refractivity contribution is -0.133. The van der Waals surface area contributed by atoms with Crippen LogP contribution in [0, 0.1) is 12.8 Å². The van der Waals surface area contributed by atoms with E-state index in [9.17, 15) is 19.2 Å². The van der Waals surface area contributed by atoms with Crippen molar-refractivity contribution in [2.45, 2.75) is 32.7 Å². The van der Waals surface area contributed by atoms with Crippen LogP contribution < -0.4 is 5.69 Å². The Hall–Kier alpha value is -2.54. The number of ketones is 3. The van der Waals surface area contributed by atoms with Gasteiger partial charge in [0.15, 0.2) is 17.3 Å². The molecule has 0 unspecified atom stereocenters. The summed E-state index contributed by atoms with van der Waals surface area (Å²) in [5.74, 6) is -1.96. The van der Waals surface area contributed by atoms with Gasteiger partial charge < -0.3 is 0 Å². The van der Waals surface area contributed by atoms with E-state index in [0.717, 1.165) is 0 Å². The van der Waals surface area contributed by atoms with Crippen molar-refractivity contribution in [1.82, 2.24) is 14.3 Å². The van der Waals surface area contributed by atoms with E-state index >= 15 is 0 Å². The summed E-state index contributed by atoms with van der Waals surface area (Å²) in [5.41, 5.74) is 0.345. The Labute approximate surface area is 154 Å². The fourth-order valence-electron chi connectivity index (χ4n) is 3.15. The minimum atomic E-state index is -1.26. The number of carbonyl (C=O) groups is 3. The van der Waals surface area contributed by atoms with Crippen molar-refractivity contribution in [1.29, 1.82) is 0 Å². The van der Waals surface area contributed by atoms with E-state index in [2.05, 4.69) is 5.10 Å².